The summed E-state index contributed by atoms with van der Waals surface area (Å²) in [4.78, 5) is 13.7. The Balaban J connectivity index is 2.57. The molecule has 0 aliphatic carbocycles. The van der Waals surface area contributed by atoms with E-state index in [0.717, 1.165) is 6.42 Å². The Morgan fingerprint density at radius 1 is 1.50 bits per heavy atom. The second-order valence-corrected chi connectivity index (χ2v) is 5.31. The van der Waals surface area contributed by atoms with Gasteiger partial charge < -0.3 is 10.0 Å². The summed E-state index contributed by atoms with van der Waals surface area (Å²) >= 11 is 0. The molecule has 1 aliphatic rings. The largest absolute Gasteiger partial charge is 0.391 e. The molecule has 0 spiro atoms. The molecule has 1 heterocycles. The van der Waals surface area contributed by atoms with Crippen LogP contribution in [0.5, 0.6) is 0 Å². The standard InChI is InChI=1S/C11H21NO2/c1-8(11(2,3)4)10(14)12-6-5-9(13)7-12/h8-9,13H,5-7H2,1-4H3/t8?,9-/m1/s1. The summed E-state index contributed by atoms with van der Waals surface area (Å²) in [7, 11) is 0. The van der Waals surface area contributed by atoms with Crippen molar-refractivity contribution in [2.45, 2.75) is 40.2 Å². The van der Waals surface area contributed by atoms with E-state index < -0.39 is 0 Å². The Morgan fingerprint density at radius 2 is 2.07 bits per heavy atom. The van der Waals surface area contributed by atoms with Gasteiger partial charge in [-0.3, -0.25) is 4.79 Å². The summed E-state index contributed by atoms with van der Waals surface area (Å²) in [5.41, 5.74) is 0.00459. The van der Waals surface area contributed by atoms with Crippen LogP contribution in [-0.2, 0) is 4.79 Å². The van der Waals surface area contributed by atoms with E-state index in [1.165, 1.54) is 0 Å². The van der Waals surface area contributed by atoms with Crippen LogP contribution in [0.25, 0.3) is 0 Å². The molecule has 1 N–H and O–H groups in total. The third-order valence-corrected chi connectivity index (χ3v) is 3.14. The number of hydrogen-bond donors (Lipinski definition) is 1. The van der Waals surface area contributed by atoms with Crippen molar-refractivity contribution in [2.75, 3.05) is 13.1 Å². The number of carbonyl (C=O) groups is 1. The second-order valence-electron chi connectivity index (χ2n) is 5.31. The molecule has 1 amide bonds. The van der Waals surface area contributed by atoms with Crippen LogP contribution in [0.15, 0.2) is 0 Å². The second kappa shape index (κ2) is 3.89. The molecule has 82 valence electrons. The molecule has 3 nitrogen and oxygen atoms in total. The van der Waals surface area contributed by atoms with Crippen molar-refractivity contribution in [2.24, 2.45) is 11.3 Å². The van der Waals surface area contributed by atoms with Crippen LogP contribution in [0, 0.1) is 11.3 Å². The minimum atomic E-state index is -0.314. The van der Waals surface area contributed by atoms with Crippen molar-refractivity contribution in [1.82, 2.24) is 4.90 Å². The number of likely N-dealkylation sites (tertiary alicyclic amines) is 1. The van der Waals surface area contributed by atoms with Crippen LogP contribution >= 0.6 is 0 Å². The van der Waals surface area contributed by atoms with E-state index in [4.69, 9.17) is 0 Å². The van der Waals surface area contributed by atoms with Gasteiger partial charge in [0, 0.05) is 19.0 Å². The zero-order valence-electron chi connectivity index (χ0n) is 9.58. The highest BCUT2D eigenvalue weighted by Gasteiger charge is 2.33. The SMILES string of the molecule is CC(C(=O)N1CC[C@@H](O)C1)C(C)(C)C. The topological polar surface area (TPSA) is 40.5 Å². The van der Waals surface area contributed by atoms with Gasteiger partial charge in [0.1, 0.15) is 0 Å². The van der Waals surface area contributed by atoms with Crippen molar-refractivity contribution >= 4 is 5.91 Å². The maximum atomic E-state index is 12.0. The van der Waals surface area contributed by atoms with Gasteiger partial charge >= 0.3 is 0 Å². The fraction of sp³-hybridized carbons (Fsp3) is 0.909. The summed E-state index contributed by atoms with van der Waals surface area (Å²) in [6.07, 6.45) is 0.411. The van der Waals surface area contributed by atoms with Gasteiger partial charge in [0.2, 0.25) is 5.91 Å². The maximum Gasteiger partial charge on any atom is 0.226 e. The monoisotopic (exact) mass is 199 g/mol. The number of β-amino-alcohol motifs (C(OH)–C–C–N with tert-alkyl or cyclic N) is 1. The minimum absolute atomic E-state index is 0.00459. The van der Waals surface area contributed by atoms with Crippen LogP contribution in [0.4, 0.5) is 0 Å². The lowest BCUT2D eigenvalue weighted by Crippen LogP contribution is -2.39. The molecular formula is C11H21NO2. The molecular weight excluding hydrogens is 178 g/mol. The van der Waals surface area contributed by atoms with Crippen LogP contribution < -0.4 is 0 Å². The van der Waals surface area contributed by atoms with E-state index in [9.17, 15) is 9.90 Å². The Labute approximate surface area is 86.1 Å². The van der Waals surface area contributed by atoms with Gasteiger partial charge in [0.05, 0.1) is 6.10 Å². The highest BCUT2D eigenvalue weighted by atomic mass is 16.3. The number of rotatable bonds is 1. The first kappa shape index (κ1) is 11.5. The van der Waals surface area contributed by atoms with Gasteiger partial charge in [0.15, 0.2) is 0 Å². The van der Waals surface area contributed by atoms with Crippen LogP contribution in [0.1, 0.15) is 34.1 Å². The molecule has 1 fully saturated rings. The molecule has 0 saturated carbocycles. The molecule has 0 aromatic rings. The Kier molecular flexibility index (Phi) is 3.20. The van der Waals surface area contributed by atoms with Crippen LogP contribution in [0.2, 0.25) is 0 Å². The quantitative estimate of drug-likeness (QED) is 0.690. The van der Waals surface area contributed by atoms with Crippen molar-refractivity contribution in [3.05, 3.63) is 0 Å². The average molecular weight is 199 g/mol. The van der Waals surface area contributed by atoms with E-state index >= 15 is 0 Å². The summed E-state index contributed by atoms with van der Waals surface area (Å²) in [6, 6.07) is 0. The number of hydrogen-bond acceptors (Lipinski definition) is 2. The lowest BCUT2D eigenvalue weighted by Gasteiger charge is -2.30. The van der Waals surface area contributed by atoms with Gasteiger partial charge in [-0.05, 0) is 11.8 Å². The Morgan fingerprint density at radius 3 is 2.43 bits per heavy atom. The molecule has 0 radical (unpaired) electrons. The molecule has 14 heavy (non-hydrogen) atoms. The van der Waals surface area contributed by atoms with Crippen molar-refractivity contribution < 1.29 is 9.90 Å². The van der Waals surface area contributed by atoms with Gasteiger partial charge in [-0.2, -0.15) is 0 Å². The Hall–Kier alpha value is -0.570. The fourth-order valence-corrected chi connectivity index (χ4v) is 1.59. The molecule has 0 bridgehead atoms. The molecule has 1 saturated heterocycles. The van der Waals surface area contributed by atoms with E-state index in [2.05, 4.69) is 20.8 Å². The summed E-state index contributed by atoms with van der Waals surface area (Å²) in [5.74, 6) is 0.196. The van der Waals surface area contributed by atoms with Crippen LogP contribution in [-0.4, -0.2) is 35.1 Å². The maximum absolute atomic E-state index is 12.0. The van der Waals surface area contributed by atoms with Crippen molar-refractivity contribution in [1.29, 1.82) is 0 Å². The normalized spacial score (nSPS) is 25.2. The third-order valence-electron chi connectivity index (χ3n) is 3.14. The van der Waals surface area contributed by atoms with E-state index in [1.807, 2.05) is 6.92 Å². The fourth-order valence-electron chi connectivity index (χ4n) is 1.59. The molecule has 3 heteroatoms. The Bertz CT molecular complexity index is 220. The molecule has 0 aromatic carbocycles. The average Bonchev–Trinajstić information content (AvgIpc) is 2.47. The molecule has 1 unspecified atom stereocenters. The highest BCUT2D eigenvalue weighted by molar-refractivity contribution is 5.79. The van der Waals surface area contributed by atoms with Gasteiger partial charge in [-0.1, -0.05) is 27.7 Å². The van der Waals surface area contributed by atoms with E-state index in [-0.39, 0.29) is 23.3 Å². The summed E-state index contributed by atoms with van der Waals surface area (Å²) in [5, 5.41) is 9.34. The molecule has 2 atom stereocenters. The highest BCUT2D eigenvalue weighted by Crippen LogP contribution is 2.28. The molecule has 0 aromatic heterocycles. The smallest absolute Gasteiger partial charge is 0.226 e. The lowest BCUT2D eigenvalue weighted by molar-refractivity contribution is -0.137. The lowest BCUT2D eigenvalue weighted by atomic mass is 9.81. The number of aliphatic hydroxyl groups excluding tert-OH is 1. The predicted octanol–water partition coefficient (Wildman–Crippen LogP) is 1.26. The number of carbonyl (C=O) groups excluding carboxylic acids is 1. The van der Waals surface area contributed by atoms with E-state index in [1.54, 1.807) is 4.90 Å². The molecule has 1 aliphatic heterocycles. The number of amides is 1. The summed E-state index contributed by atoms with van der Waals surface area (Å²) in [6.45, 7) is 9.40. The van der Waals surface area contributed by atoms with Gasteiger partial charge in [-0.15, -0.1) is 0 Å². The number of aliphatic hydroxyl groups is 1. The number of nitrogens with zero attached hydrogens (tertiary/aromatic N) is 1. The zero-order chi connectivity index (χ0) is 10.9. The zero-order valence-corrected chi connectivity index (χ0v) is 9.58. The van der Waals surface area contributed by atoms with Crippen molar-refractivity contribution in [3.63, 3.8) is 0 Å². The van der Waals surface area contributed by atoms with Crippen molar-refractivity contribution in [3.8, 4) is 0 Å². The van der Waals surface area contributed by atoms with Gasteiger partial charge in [-0.25, -0.2) is 0 Å². The van der Waals surface area contributed by atoms with Crippen LogP contribution in [0.3, 0.4) is 0 Å². The first-order valence-corrected chi connectivity index (χ1v) is 5.29. The third kappa shape index (κ3) is 2.47. The first-order chi connectivity index (χ1) is 6.32. The minimum Gasteiger partial charge on any atom is -0.391 e. The first-order valence-electron chi connectivity index (χ1n) is 5.29. The predicted molar refractivity (Wildman–Crippen MR) is 55.8 cm³/mol. The summed E-state index contributed by atoms with van der Waals surface area (Å²) < 4.78 is 0. The van der Waals surface area contributed by atoms with E-state index in [0.29, 0.717) is 13.1 Å². The molecule has 1 rings (SSSR count). The van der Waals surface area contributed by atoms with Gasteiger partial charge in [0.25, 0.3) is 0 Å².